The molecule has 1 heterocycles. The number of ether oxygens (including phenoxy) is 1. The number of hydrogen-bond donors (Lipinski definition) is 1. The van der Waals surface area contributed by atoms with E-state index < -0.39 is 11.6 Å². The monoisotopic (exact) mass is 304 g/mol. The molecule has 0 spiro atoms. The van der Waals surface area contributed by atoms with Gasteiger partial charge in [0, 0.05) is 11.1 Å². The van der Waals surface area contributed by atoms with E-state index in [1.54, 1.807) is 32.0 Å². The Morgan fingerprint density at radius 2 is 2.00 bits per heavy atom. The summed E-state index contributed by atoms with van der Waals surface area (Å²) in [5.74, 6) is 0.188. The lowest BCUT2D eigenvalue weighted by Crippen LogP contribution is -2.40. The highest BCUT2D eigenvalue weighted by Crippen LogP contribution is 2.26. The summed E-state index contributed by atoms with van der Waals surface area (Å²) in [6.45, 7) is 7.16. The van der Waals surface area contributed by atoms with Crippen molar-refractivity contribution in [3.8, 4) is 5.75 Å². The van der Waals surface area contributed by atoms with E-state index in [1.165, 1.54) is 6.92 Å². The highest BCUT2D eigenvalue weighted by Gasteiger charge is 2.44. The Bertz CT molecular complexity index is 637. The van der Waals surface area contributed by atoms with Gasteiger partial charge < -0.3 is 10.1 Å². The molecular weight excluding hydrogens is 284 g/mol. The maximum absolute atomic E-state index is 12.3. The average Bonchev–Trinajstić information content (AvgIpc) is 2.62. The number of Topliss-reactive ketones (excluding diaryl/α,β-unsaturated/α-hetero) is 1. The first-order valence-corrected chi connectivity index (χ1v) is 7.17. The standard InChI is InChI=1S/C16H20N2O4/c1-5-22-13-7-6-11(10(2)19)8-12(13)9-18-14(20)16(3,4)17-15(18)21/h6-8H,5,9H2,1-4H3,(H,17,21). The van der Waals surface area contributed by atoms with E-state index in [2.05, 4.69) is 5.32 Å². The minimum Gasteiger partial charge on any atom is -0.494 e. The first-order chi connectivity index (χ1) is 10.3. The van der Waals surface area contributed by atoms with Crippen LogP contribution >= 0.6 is 0 Å². The van der Waals surface area contributed by atoms with Gasteiger partial charge in [-0.05, 0) is 45.9 Å². The lowest BCUT2D eigenvalue weighted by Gasteiger charge is -2.18. The van der Waals surface area contributed by atoms with Crippen LogP contribution in [0.15, 0.2) is 18.2 Å². The van der Waals surface area contributed by atoms with E-state index in [1.807, 2.05) is 6.92 Å². The van der Waals surface area contributed by atoms with E-state index in [-0.39, 0.29) is 18.2 Å². The van der Waals surface area contributed by atoms with E-state index in [0.29, 0.717) is 23.5 Å². The first kappa shape index (κ1) is 16.0. The fraction of sp³-hybridized carbons (Fsp3) is 0.438. The normalized spacial score (nSPS) is 16.6. The van der Waals surface area contributed by atoms with Crippen molar-refractivity contribution in [2.45, 2.75) is 39.8 Å². The molecule has 0 radical (unpaired) electrons. The highest BCUT2D eigenvalue weighted by atomic mass is 16.5. The summed E-state index contributed by atoms with van der Waals surface area (Å²) in [4.78, 5) is 36.9. The van der Waals surface area contributed by atoms with Crippen LogP contribution in [0.4, 0.5) is 4.79 Å². The van der Waals surface area contributed by atoms with Crippen LogP contribution in [0, 0.1) is 0 Å². The van der Waals surface area contributed by atoms with Crippen LogP contribution in [0.25, 0.3) is 0 Å². The molecule has 0 unspecified atom stereocenters. The largest absolute Gasteiger partial charge is 0.494 e. The number of amides is 3. The molecule has 1 aliphatic heterocycles. The summed E-state index contributed by atoms with van der Waals surface area (Å²) in [5.41, 5.74) is 0.238. The molecule has 0 atom stereocenters. The van der Waals surface area contributed by atoms with Crippen molar-refractivity contribution in [2.24, 2.45) is 0 Å². The molecule has 1 N–H and O–H groups in total. The molecule has 1 aromatic rings. The van der Waals surface area contributed by atoms with Crippen molar-refractivity contribution in [3.05, 3.63) is 29.3 Å². The number of nitrogens with zero attached hydrogens (tertiary/aromatic N) is 1. The molecule has 6 nitrogen and oxygen atoms in total. The molecule has 1 aliphatic rings. The molecule has 0 aromatic heterocycles. The fourth-order valence-electron chi connectivity index (χ4n) is 2.35. The summed E-state index contributed by atoms with van der Waals surface area (Å²) in [7, 11) is 0. The zero-order valence-corrected chi connectivity index (χ0v) is 13.2. The zero-order valence-electron chi connectivity index (χ0n) is 13.2. The molecule has 2 rings (SSSR count). The van der Waals surface area contributed by atoms with Crippen molar-refractivity contribution < 1.29 is 19.1 Å². The van der Waals surface area contributed by atoms with Gasteiger partial charge in [-0.25, -0.2) is 4.79 Å². The molecule has 0 bridgehead atoms. The van der Waals surface area contributed by atoms with Crippen LogP contribution < -0.4 is 10.1 Å². The number of imide groups is 1. The van der Waals surface area contributed by atoms with E-state index in [4.69, 9.17) is 4.74 Å². The number of hydrogen-bond acceptors (Lipinski definition) is 4. The molecule has 118 valence electrons. The third-order valence-corrected chi connectivity index (χ3v) is 3.54. The second-order valence-corrected chi connectivity index (χ2v) is 5.76. The Morgan fingerprint density at radius 1 is 1.32 bits per heavy atom. The summed E-state index contributed by atoms with van der Waals surface area (Å²) in [6.07, 6.45) is 0. The second kappa shape index (κ2) is 5.79. The van der Waals surface area contributed by atoms with Crippen molar-refractivity contribution in [1.82, 2.24) is 10.2 Å². The number of rotatable bonds is 5. The first-order valence-electron chi connectivity index (χ1n) is 7.17. The van der Waals surface area contributed by atoms with E-state index in [0.717, 1.165) is 4.90 Å². The van der Waals surface area contributed by atoms with Gasteiger partial charge in [-0.3, -0.25) is 14.5 Å². The maximum atomic E-state index is 12.3. The maximum Gasteiger partial charge on any atom is 0.325 e. The van der Waals surface area contributed by atoms with Gasteiger partial charge in [0.15, 0.2) is 5.78 Å². The summed E-state index contributed by atoms with van der Waals surface area (Å²) in [6, 6.07) is 4.59. The number of urea groups is 1. The van der Waals surface area contributed by atoms with Crippen molar-refractivity contribution in [1.29, 1.82) is 0 Å². The van der Waals surface area contributed by atoms with Crippen LogP contribution in [0.1, 0.15) is 43.6 Å². The Hall–Kier alpha value is -2.37. The summed E-state index contributed by atoms with van der Waals surface area (Å²) in [5, 5.41) is 2.63. The molecular formula is C16H20N2O4. The van der Waals surface area contributed by atoms with Crippen LogP contribution in [-0.2, 0) is 11.3 Å². The van der Waals surface area contributed by atoms with Crippen LogP contribution in [-0.4, -0.2) is 34.8 Å². The molecule has 0 aliphatic carbocycles. The van der Waals surface area contributed by atoms with Crippen LogP contribution in [0.3, 0.4) is 0 Å². The minimum atomic E-state index is -0.916. The molecule has 22 heavy (non-hydrogen) atoms. The van der Waals surface area contributed by atoms with Gasteiger partial charge >= 0.3 is 6.03 Å². The Labute approximate surface area is 129 Å². The number of carbonyl (C=O) groups is 3. The van der Waals surface area contributed by atoms with Crippen LogP contribution in [0.5, 0.6) is 5.75 Å². The zero-order chi connectivity index (χ0) is 16.5. The Morgan fingerprint density at radius 3 is 2.50 bits per heavy atom. The number of nitrogens with one attached hydrogen (secondary N) is 1. The van der Waals surface area contributed by atoms with Gasteiger partial charge in [-0.2, -0.15) is 0 Å². The lowest BCUT2D eigenvalue weighted by atomic mass is 10.0. The molecule has 1 saturated heterocycles. The summed E-state index contributed by atoms with van der Waals surface area (Å²) < 4.78 is 5.52. The quantitative estimate of drug-likeness (QED) is 0.668. The van der Waals surface area contributed by atoms with E-state index >= 15 is 0 Å². The van der Waals surface area contributed by atoms with Gasteiger partial charge in [0.05, 0.1) is 13.2 Å². The van der Waals surface area contributed by atoms with Crippen molar-refractivity contribution in [3.63, 3.8) is 0 Å². The average molecular weight is 304 g/mol. The Kier molecular flexibility index (Phi) is 4.21. The van der Waals surface area contributed by atoms with Crippen molar-refractivity contribution in [2.75, 3.05) is 6.61 Å². The molecule has 1 fully saturated rings. The highest BCUT2D eigenvalue weighted by molar-refractivity contribution is 6.06. The molecule has 0 saturated carbocycles. The van der Waals surface area contributed by atoms with Gasteiger partial charge in [-0.15, -0.1) is 0 Å². The smallest absolute Gasteiger partial charge is 0.325 e. The molecule has 3 amide bonds. The van der Waals surface area contributed by atoms with Gasteiger partial charge in [0.25, 0.3) is 5.91 Å². The third-order valence-electron chi connectivity index (χ3n) is 3.54. The fourth-order valence-corrected chi connectivity index (χ4v) is 2.35. The summed E-state index contributed by atoms with van der Waals surface area (Å²) >= 11 is 0. The number of ketones is 1. The van der Waals surface area contributed by atoms with E-state index in [9.17, 15) is 14.4 Å². The van der Waals surface area contributed by atoms with Gasteiger partial charge in [-0.1, -0.05) is 0 Å². The predicted octanol–water partition coefficient (Wildman–Crippen LogP) is 2.12. The number of benzene rings is 1. The van der Waals surface area contributed by atoms with Gasteiger partial charge in [0.1, 0.15) is 11.3 Å². The predicted molar refractivity (Wildman–Crippen MR) is 80.8 cm³/mol. The lowest BCUT2D eigenvalue weighted by molar-refractivity contribution is -0.130. The molecule has 1 aromatic carbocycles. The molecule has 6 heteroatoms. The minimum absolute atomic E-state index is 0.0740. The third kappa shape index (κ3) is 2.95. The van der Waals surface area contributed by atoms with Crippen molar-refractivity contribution >= 4 is 17.7 Å². The van der Waals surface area contributed by atoms with Gasteiger partial charge in [0.2, 0.25) is 0 Å². The number of carbonyl (C=O) groups excluding carboxylic acids is 3. The second-order valence-electron chi connectivity index (χ2n) is 5.76. The Balaban J connectivity index is 2.35. The van der Waals surface area contributed by atoms with Crippen LogP contribution in [0.2, 0.25) is 0 Å². The SMILES string of the molecule is CCOc1ccc(C(C)=O)cc1CN1C(=O)NC(C)(C)C1=O. The topological polar surface area (TPSA) is 75.7 Å².